The van der Waals surface area contributed by atoms with Gasteiger partial charge >= 0.3 is 0 Å². The molecule has 0 fully saturated rings. The van der Waals surface area contributed by atoms with Crippen LogP contribution in [0.3, 0.4) is 0 Å². The fourth-order valence-electron chi connectivity index (χ4n) is 2.61. The Hall–Kier alpha value is -3.19. The van der Waals surface area contributed by atoms with Crippen molar-refractivity contribution < 1.29 is 14.4 Å². The average Bonchev–Trinajstić information content (AvgIpc) is 2.61. The van der Waals surface area contributed by atoms with Crippen LogP contribution < -0.4 is 16.8 Å². The fraction of sp³-hybridized carbons (Fsp3) is 0.250. The molecule has 7 nitrogen and oxygen atoms in total. The highest BCUT2D eigenvalue weighted by molar-refractivity contribution is 6.01. The molecule has 0 unspecified atom stereocenters. The van der Waals surface area contributed by atoms with E-state index in [-0.39, 0.29) is 29.6 Å². The van der Waals surface area contributed by atoms with Crippen molar-refractivity contribution in [3.8, 4) is 0 Å². The molecule has 0 aliphatic heterocycles. The lowest BCUT2D eigenvalue weighted by Gasteiger charge is -2.26. The summed E-state index contributed by atoms with van der Waals surface area (Å²) in [5.41, 5.74) is 12.2. The van der Waals surface area contributed by atoms with Crippen LogP contribution in [0.15, 0.2) is 48.5 Å². The summed E-state index contributed by atoms with van der Waals surface area (Å²) in [6.45, 7) is 4.79. The molecule has 0 bridgehead atoms. The summed E-state index contributed by atoms with van der Waals surface area (Å²) < 4.78 is 0. The van der Waals surface area contributed by atoms with Crippen molar-refractivity contribution in [1.29, 1.82) is 0 Å². The summed E-state index contributed by atoms with van der Waals surface area (Å²) >= 11 is 0. The molecule has 0 heterocycles. The number of carbonyl (C=O) groups is 3. The number of hydrogen-bond acceptors (Lipinski definition) is 4. The zero-order chi connectivity index (χ0) is 20.0. The second-order valence-corrected chi connectivity index (χ2v) is 6.56. The minimum atomic E-state index is -0.707. The van der Waals surface area contributed by atoms with Crippen LogP contribution in [0.25, 0.3) is 0 Å². The Morgan fingerprint density at radius 1 is 0.963 bits per heavy atom. The van der Waals surface area contributed by atoms with Crippen molar-refractivity contribution in [3.05, 3.63) is 65.2 Å². The van der Waals surface area contributed by atoms with Crippen LogP contribution in [0.5, 0.6) is 0 Å². The van der Waals surface area contributed by atoms with Gasteiger partial charge in [-0.1, -0.05) is 30.3 Å². The van der Waals surface area contributed by atoms with Gasteiger partial charge in [0.05, 0.1) is 6.54 Å². The van der Waals surface area contributed by atoms with Gasteiger partial charge in [0.2, 0.25) is 17.7 Å². The standard InChI is InChI=1S/C20H24N4O3/c1-13(2)24(11-14-6-4-3-5-7-14)12-18(25)23-17-9-15(19(21)26)8-16(10-17)20(22)27/h3-10,13H,11-12H2,1-2H3,(H2,21,26)(H2,22,27)(H,23,25). The molecule has 0 aromatic heterocycles. The Labute approximate surface area is 158 Å². The second-order valence-electron chi connectivity index (χ2n) is 6.56. The first kappa shape index (κ1) is 20.1. The largest absolute Gasteiger partial charge is 0.366 e. The van der Waals surface area contributed by atoms with Gasteiger partial charge < -0.3 is 16.8 Å². The van der Waals surface area contributed by atoms with Crippen molar-refractivity contribution in [2.75, 3.05) is 11.9 Å². The predicted molar refractivity (Wildman–Crippen MR) is 104 cm³/mol. The summed E-state index contributed by atoms with van der Waals surface area (Å²) in [5.74, 6) is -1.68. The molecular weight excluding hydrogens is 344 g/mol. The SMILES string of the molecule is CC(C)N(CC(=O)Nc1cc(C(N)=O)cc(C(N)=O)c1)Cc1ccccc1. The number of nitrogens with one attached hydrogen (secondary N) is 1. The summed E-state index contributed by atoms with van der Waals surface area (Å²) in [5, 5.41) is 2.71. The quantitative estimate of drug-likeness (QED) is 0.657. The number of nitrogens with zero attached hydrogens (tertiary/aromatic N) is 1. The third kappa shape index (κ3) is 5.93. The van der Waals surface area contributed by atoms with E-state index in [4.69, 9.17) is 11.5 Å². The first-order chi connectivity index (χ1) is 12.8. The zero-order valence-electron chi connectivity index (χ0n) is 15.4. The van der Waals surface area contributed by atoms with E-state index < -0.39 is 11.8 Å². The van der Waals surface area contributed by atoms with E-state index in [0.29, 0.717) is 12.2 Å². The predicted octanol–water partition coefficient (Wildman–Crippen LogP) is 1.73. The molecule has 0 radical (unpaired) electrons. The van der Waals surface area contributed by atoms with Crippen molar-refractivity contribution >= 4 is 23.4 Å². The minimum absolute atomic E-state index is 0.103. The number of anilines is 1. The Morgan fingerprint density at radius 3 is 2.00 bits per heavy atom. The third-order valence-electron chi connectivity index (χ3n) is 4.09. The van der Waals surface area contributed by atoms with E-state index in [2.05, 4.69) is 5.32 Å². The van der Waals surface area contributed by atoms with Crippen molar-refractivity contribution in [2.45, 2.75) is 26.4 Å². The van der Waals surface area contributed by atoms with E-state index in [0.717, 1.165) is 5.56 Å². The molecule has 0 saturated heterocycles. The molecule has 3 amide bonds. The highest BCUT2D eigenvalue weighted by atomic mass is 16.2. The topological polar surface area (TPSA) is 119 Å². The van der Waals surface area contributed by atoms with Crippen molar-refractivity contribution in [3.63, 3.8) is 0 Å². The lowest BCUT2D eigenvalue weighted by molar-refractivity contribution is -0.117. The average molecular weight is 368 g/mol. The molecule has 0 saturated carbocycles. The highest BCUT2D eigenvalue weighted by Gasteiger charge is 2.16. The molecular formula is C20H24N4O3. The Bertz CT molecular complexity index is 802. The number of rotatable bonds is 8. The van der Waals surface area contributed by atoms with Crippen LogP contribution in [0.2, 0.25) is 0 Å². The fourth-order valence-corrected chi connectivity index (χ4v) is 2.61. The molecule has 7 heteroatoms. The van der Waals surface area contributed by atoms with Gasteiger partial charge in [-0.25, -0.2) is 0 Å². The molecule has 0 spiro atoms. The zero-order valence-corrected chi connectivity index (χ0v) is 15.4. The van der Waals surface area contributed by atoms with Gasteiger partial charge in [-0.2, -0.15) is 0 Å². The van der Waals surface area contributed by atoms with Crippen LogP contribution in [-0.2, 0) is 11.3 Å². The van der Waals surface area contributed by atoms with E-state index in [1.807, 2.05) is 49.1 Å². The van der Waals surface area contributed by atoms with Gasteiger partial charge in [-0.05, 0) is 37.6 Å². The minimum Gasteiger partial charge on any atom is -0.366 e. The number of benzene rings is 2. The molecule has 142 valence electrons. The summed E-state index contributed by atoms with van der Waals surface area (Å²) in [6, 6.07) is 14.1. The number of nitrogens with two attached hydrogens (primary N) is 2. The third-order valence-corrected chi connectivity index (χ3v) is 4.09. The second kappa shape index (κ2) is 8.95. The van der Waals surface area contributed by atoms with Gasteiger partial charge in [0.1, 0.15) is 0 Å². The smallest absolute Gasteiger partial charge is 0.248 e. The van der Waals surface area contributed by atoms with Crippen LogP contribution in [0, 0.1) is 0 Å². The summed E-state index contributed by atoms with van der Waals surface area (Å²) in [4.78, 5) is 37.4. The lowest BCUT2D eigenvalue weighted by atomic mass is 10.1. The summed E-state index contributed by atoms with van der Waals surface area (Å²) in [6.07, 6.45) is 0. The van der Waals surface area contributed by atoms with Crippen LogP contribution in [0.4, 0.5) is 5.69 Å². The maximum Gasteiger partial charge on any atom is 0.248 e. The monoisotopic (exact) mass is 368 g/mol. The molecule has 0 aliphatic carbocycles. The van der Waals surface area contributed by atoms with Gasteiger partial charge in [-0.3, -0.25) is 19.3 Å². The number of amides is 3. The first-order valence-electron chi connectivity index (χ1n) is 8.58. The van der Waals surface area contributed by atoms with E-state index in [1.54, 1.807) is 0 Å². The Morgan fingerprint density at radius 2 is 1.52 bits per heavy atom. The maximum absolute atomic E-state index is 12.5. The van der Waals surface area contributed by atoms with Gasteiger partial charge in [0, 0.05) is 29.4 Å². The van der Waals surface area contributed by atoms with Crippen LogP contribution in [0.1, 0.15) is 40.1 Å². The van der Waals surface area contributed by atoms with Gasteiger partial charge in [0.15, 0.2) is 0 Å². The van der Waals surface area contributed by atoms with Crippen molar-refractivity contribution in [2.24, 2.45) is 11.5 Å². The first-order valence-corrected chi connectivity index (χ1v) is 8.58. The van der Waals surface area contributed by atoms with E-state index >= 15 is 0 Å². The van der Waals surface area contributed by atoms with Gasteiger partial charge in [0.25, 0.3) is 0 Å². The van der Waals surface area contributed by atoms with Gasteiger partial charge in [-0.15, -0.1) is 0 Å². The summed E-state index contributed by atoms with van der Waals surface area (Å²) in [7, 11) is 0. The van der Waals surface area contributed by atoms with Crippen molar-refractivity contribution in [1.82, 2.24) is 4.90 Å². The number of hydrogen-bond donors (Lipinski definition) is 3. The molecule has 0 aliphatic rings. The number of primary amides is 2. The normalized spacial score (nSPS) is 10.8. The Kier molecular flexibility index (Phi) is 6.67. The molecule has 5 N–H and O–H groups in total. The van der Waals surface area contributed by atoms with E-state index in [9.17, 15) is 14.4 Å². The molecule has 27 heavy (non-hydrogen) atoms. The lowest BCUT2D eigenvalue weighted by Crippen LogP contribution is -2.37. The molecule has 2 aromatic carbocycles. The molecule has 2 rings (SSSR count). The van der Waals surface area contributed by atoms with Crippen LogP contribution in [-0.4, -0.2) is 35.2 Å². The van der Waals surface area contributed by atoms with Crippen LogP contribution >= 0.6 is 0 Å². The molecule has 2 aromatic rings. The highest BCUT2D eigenvalue weighted by Crippen LogP contribution is 2.15. The van der Waals surface area contributed by atoms with E-state index in [1.165, 1.54) is 18.2 Å². The molecule has 0 atom stereocenters. The maximum atomic E-state index is 12.5. The Balaban J connectivity index is 2.13. The number of carbonyl (C=O) groups excluding carboxylic acids is 3.